The zero-order valence-electron chi connectivity index (χ0n) is 10.5. The molecule has 5 nitrogen and oxygen atoms in total. The summed E-state index contributed by atoms with van der Waals surface area (Å²) in [6.45, 7) is 1.73. The summed E-state index contributed by atoms with van der Waals surface area (Å²) in [7, 11) is -3.92. The van der Waals surface area contributed by atoms with E-state index in [0.717, 1.165) is 0 Å². The van der Waals surface area contributed by atoms with Gasteiger partial charge in [-0.1, -0.05) is 23.7 Å². The van der Waals surface area contributed by atoms with Gasteiger partial charge in [0.15, 0.2) is 5.69 Å². The van der Waals surface area contributed by atoms with Gasteiger partial charge in [0.2, 0.25) is 0 Å². The molecular formula is C13H10ClN3O2S. The number of hydrogen-bond donors (Lipinski definition) is 1. The van der Waals surface area contributed by atoms with Crippen LogP contribution in [0.15, 0.2) is 41.4 Å². The second-order valence-electron chi connectivity index (χ2n) is 4.00. The maximum atomic E-state index is 12.3. The van der Waals surface area contributed by atoms with Crippen molar-refractivity contribution >= 4 is 27.3 Å². The highest BCUT2D eigenvalue weighted by atomic mass is 35.5. The molecule has 1 N–H and O–H groups in total. The summed E-state index contributed by atoms with van der Waals surface area (Å²) in [4.78, 5) is 3.56. The Bertz CT molecular complexity index is 777. The number of para-hydroxylation sites is 1. The number of halogens is 1. The zero-order valence-corrected chi connectivity index (χ0v) is 12.0. The number of pyridine rings is 1. The first-order chi connectivity index (χ1) is 9.45. The first-order valence-corrected chi connectivity index (χ1v) is 7.45. The van der Waals surface area contributed by atoms with Crippen molar-refractivity contribution in [3.05, 3.63) is 52.8 Å². The number of anilines is 1. The molecular weight excluding hydrogens is 298 g/mol. The van der Waals surface area contributed by atoms with E-state index in [4.69, 9.17) is 16.9 Å². The van der Waals surface area contributed by atoms with E-state index in [9.17, 15) is 8.42 Å². The molecule has 0 spiro atoms. The van der Waals surface area contributed by atoms with Crippen LogP contribution in [0.3, 0.4) is 0 Å². The highest BCUT2D eigenvalue weighted by molar-refractivity contribution is 7.92. The van der Waals surface area contributed by atoms with Gasteiger partial charge in [-0.05, 0) is 30.7 Å². The molecule has 0 fully saturated rings. The molecule has 0 bridgehead atoms. The number of nitriles is 1. The van der Waals surface area contributed by atoms with E-state index < -0.39 is 10.0 Å². The highest BCUT2D eigenvalue weighted by Crippen LogP contribution is 2.28. The standard InChI is InChI=1S/C13H10ClN3O2S/c1-9-4-2-5-10(14)13(9)17-20(18,19)12-6-3-7-16-11(12)8-15/h2-7,17H,1H3. The predicted octanol–water partition coefficient (Wildman–Crippen LogP) is 2.72. The molecule has 0 atom stereocenters. The van der Waals surface area contributed by atoms with Crippen molar-refractivity contribution in [3.63, 3.8) is 0 Å². The number of sulfonamides is 1. The van der Waals surface area contributed by atoms with Crippen molar-refractivity contribution in [1.29, 1.82) is 5.26 Å². The molecule has 0 aliphatic carbocycles. The Labute approximate surface area is 121 Å². The van der Waals surface area contributed by atoms with Gasteiger partial charge in [0, 0.05) is 6.20 Å². The van der Waals surface area contributed by atoms with Crippen LogP contribution in [0.2, 0.25) is 5.02 Å². The number of nitrogens with zero attached hydrogens (tertiary/aromatic N) is 2. The molecule has 0 saturated carbocycles. The molecule has 2 rings (SSSR count). The number of aryl methyl sites for hydroxylation is 1. The van der Waals surface area contributed by atoms with Gasteiger partial charge in [-0.3, -0.25) is 4.72 Å². The number of benzene rings is 1. The number of nitrogens with one attached hydrogen (secondary N) is 1. The van der Waals surface area contributed by atoms with Crippen molar-refractivity contribution in [2.75, 3.05) is 4.72 Å². The monoisotopic (exact) mass is 307 g/mol. The third kappa shape index (κ3) is 2.74. The maximum Gasteiger partial charge on any atom is 0.264 e. The summed E-state index contributed by atoms with van der Waals surface area (Å²) in [6, 6.07) is 9.57. The van der Waals surface area contributed by atoms with E-state index in [-0.39, 0.29) is 15.6 Å². The van der Waals surface area contributed by atoms with Gasteiger partial charge in [0.25, 0.3) is 10.0 Å². The van der Waals surface area contributed by atoms with Gasteiger partial charge in [0.05, 0.1) is 10.7 Å². The summed E-state index contributed by atoms with van der Waals surface area (Å²) in [6.07, 6.45) is 1.36. The largest absolute Gasteiger partial charge is 0.278 e. The normalized spacial score (nSPS) is 10.8. The lowest BCUT2D eigenvalue weighted by Gasteiger charge is -2.12. The van der Waals surface area contributed by atoms with Gasteiger partial charge >= 0.3 is 0 Å². The highest BCUT2D eigenvalue weighted by Gasteiger charge is 2.21. The Kier molecular flexibility index (Phi) is 3.93. The number of rotatable bonds is 3. The Balaban J connectivity index is 2.50. The van der Waals surface area contributed by atoms with Crippen LogP contribution in [0, 0.1) is 18.3 Å². The fraction of sp³-hybridized carbons (Fsp3) is 0.0769. The lowest BCUT2D eigenvalue weighted by atomic mass is 10.2. The second kappa shape index (κ2) is 5.49. The quantitative estimate of drug-likeness (QED) is 0.945. The van der Waals surface area contributed by atoms with Crippen LogP contribution in [0.1, 0.15) is 11.3 Å². The van der Waals surface area contributed by atoms with Gasteiger partial charge in [-0.2, -0.15) is 5.26 Å². The van der Waals surface area contributed by atoms with E-state index >= 15 is 0 Å². The van der Waals surface area contributed by atoms with Crippen LogP contribution in [0.4, 0.5) is 5.69 Å². The van der Waals surface area contributed by atoms with Crippen LogP contribution in [-0.2, 0) is 10.0 Å². The van der Waals surface area contributed by atoms with Crippen molar-refractivity contribution < 1.29 is 8.42 Å². The molecule has 1 aromatic carbocycles. The topological polar surface area (TPSA) is 82.8 Å². The van der Waals surface area contributed by atoms with Gasteiger partial charge in [0.1, 0.15) is 11.0 Å². The lowest BCUT2D eigenvalue weighted by Crippen LogP contribution is -2.16. The van der Waals surface area contributed by atoms with Gasteiger partial charge < -0.3 is 0 Å². The molecule has 0 aliphatic heterocycles. The van der Waals surface area contributed by atoms with Crippen molar-refractivity contribution in [3.8, 4) is 6.07 Å². The van der Waals surface area contributed by atoms with Crippen molar-refractivity contribution in [2.24, 2.45) is 0 Å². The average Bonchev–Trinajstić information content (AvgIpc) is 2.43. The van der Waals surface area contributed by atoms with E-state index in [2.05, 4.69) is 9.71 Å². The molecule has 0 radical (unpaired) electrons. The Hall–Kier alpha value is -2.10. The number of hydrogen-bond acceptors (Lipinski definition) is 4. The molecule has 2 aromatic rings. The summed E-state index contributed by atoms with van der Waals surface area (Å²) in [5.41, 5.74) is 0.815. The van der Waals surface area contributed by atoms with Crippen LogP contribution in [-0.4, -0.2) is 13.4 Å². The third-order valence-corrected chi connectivity index (χ3v) is 4.32. The Morgan fingerprint density at radius 3 is 2.70 bits per heavy atom. The van der Waals surface area contributed by atoms with Crippen LogP contribution in [0.5, 0.6) is 0 Å². The fourth-order valence-corrected chi connectivity index (χ4v) is 3.23. The molecule has 1 heterocycles. The SMILES string of the molecule is Cc1cccc(Cl)c1NS(=O)(=O)c1cccnc1C#N. The summed E-state index contributed by atoms with van der Waals surface area (Å²) in [5, 5.41) is 9.21. The van der Waals surface area contributed by atoms with Gasteiger partial charge in [-0.25, -0.2) is 13.4 Å². The zero-order chi connectivity index (χ0) is 14.8. The molecule has 0 amide bonds. The molecule has 0 aliphatic rings. The maximum absolute atomic E-state index is 12.3. The predicted molar refractivity (Wildman–Crippen MR) is 75.9 cm³/mol. The van der Waals surface area contributed by atoms with Crippen LogP contribution >= 0.6 is 11.6 Å². The summed E-state index contributed by atoms with van der Waals surface area (Å²) < 4.78 is 27.0. The van der Waals surface area contributed by atoms with Crippen molar-refractivity contribution in [1.82, 2.24) is 4.98 Å². The Morgan fingerprint density at radius 2 is 2.05 bits per heavy atom. The molecule has 1 aromatic heterocycles. The first-order valence-electron chi connectivity index (χ1n) is 5.59. The first kappa shape index (κ1) is 14.3. The summed E-state index contributed by atoms with van der Waals surface area (Å²) in [5.74, 6) is 0. The molecule has 0 unspecified atom stereocenters. The average molecular weight is 308 g/mol. The fourth-order valence-electron chi connectivity index (χ4n) is 1.64. The van der Waals surface area contributed by atoms with E-state index in [1.54, 1.807) is 31.2 Å². The molecule has 0 saturated heterocycles. The van der Waals surface area contributed by atoms with E-state index in [1.165, 1.54) is 18.3 Å². The minimum absolute atomic E-state index is 0.162. The minimum atomic E-state index is -3.92. The van der Waals surface area contributed by atoms with Crippen molar-refractivity contribution in [2.45, 2.75) is 11.8 Å². The smallest absolute Gasteiger partial charge is 0.264 e. The van der Waals surface area contributed by atoms with Gasteiger partial charge in [-0.15, -0.1) is 0 Å². The molecule has 102 valence electrons. The molecule has 20 heavy (non-hydrogen) atoms. The van der Waals surface area contributed by atoms with Crippen LogP contribution < -0.4 is 4.72 Å². The minimum Gasteiger partial charge on any atom is -0.278 e. The third-order valence-electron chi connectivity index (χ3n) is 2.62. The summed E-state index contributed by atoms with van der Waals surface area (Å²) >= 11 is 5.99. The lowest BCUT2D eigenvalue weighted by molar-refractivity contribution is 0.600. The van der Waals surface area contributed by atoms with Crippen LogP contribution in [0.25, 0.3) is 0 Å². The van der Waals surface area contributed by atoms with E-state index in [0.29, 0.717) is 11.3 Å². The van der Waals surface area contributed by atoms with E-state index in [1.807, 2.05) is 0 Å². The second-order valence-corrected chi connectivity index (χ2v) is 6.06. The Morgan fingerprint density at radius 1 is 1.30 bits per heavy atom. The molecule has 7 heteroatoms. The number of aromatic nitrogens is 1.